The highest BCUT2D eigenvalue weighted by molar-refractivity contribution is 6.02. The Balaban J connectivity index is 3.02. The first-order chi connectivity index (χ1) is 6.65. The number of hydrogen-bond acceptors (Lipinski definition) is 2. The summed E-state index contributed by atoms with van der Waals surface area (Å²) in [6.07, 6.45) is 2.49. The number of fused-ring (bicyclic) bond motifs is 1. The molecule has 1 aromatic carbocycles. The minimum atomic E-state index is 0.160. The molecule has 0 amide bonds. The molecule has 2 aromatic rings. The molecule has 0 saturated carbocycles. The van der Waals surface area contributed by atoms with Crippen LogP contribution in [-0.2, 0) is 7.05 Å². The lowest BCUT2D eigenvalue weighted by molar-refractivity contribution is 0.112. The van der Waals surface area contributed by atoms with Gasteiger partial charge in [0.2, 0.25) is 0 Å². The van der Waals surface area contributed by atoms with Crippen molar-refractivity contribution >= 4 is 17.2 Å². The van der Waals surface area contributed by atoms with Crippen molar-refractivity contribution < 1.29 is 9.90 Å². The van der Waals surface area contributed by atoms with Gasteiger partial charge in [-0.05, 0) is 18.6 Å². The molecule has 0 unspecified atom stereocenters. The van der Waals surface area contributed by atoms with Crippen molar-refractivity contribution in [2.45, 2.75) is 6.92 Å². The summed E-state index contributed by atoms with van der Waals surface area (Å²) in [7, 11) is 1.86. The first kappa shape index (κ1) is 8.81. The van der Waals surface area contributed by atoms with Crippen molar-refractivity contribution in [3.8, 4) is 5.75 Å². The lowest BCUT2D eigenvalue weighted by Gasteiger charge is -2.02. The molecule has 0 fully saturated rings. The van der Waals surface area contributed by atoms with Gasteiger partial charge in [0.25, 0.3) is 0 Å². The van der Waals surface area contributed by atoms with Crippen LogP contribution in [-0.4, -0.2) is 16.0 Å². The van der Waals surface area contributed by atoms with Crippen LogP contribution in [0.3, 0.4) is 0 Å². The number of carbonyl (C=O) groups is 1. The monoisotopic (exact) mass is 189 g/mol. The van der Waals surface area contributed by atoms with E-state index in [0.717, 1.165) is 17.4 Å². The second-order valence-electron chi connectivity index (χ2n) is 3.44. The minimum Gasteiger partial charge on any atom is -0.507 e. The molecule has 3 heteroatoms. The largest absolute Gasteiger partial charge is 0.507 e. The third-order valence-corrected chi connectivity index (χ3v) is 2.46. The van der Waals surface area contributed by atoms with E-state index in [-0.39, 0.29) is 5.75 Å². The third-order valence-electron chi connectivity index (χ3n) is 2.46. The van der Waals surface area contributed by atoms with Crippen LogP contribution in [0.1, 0.15) is 15.9 Å². The summed E-state index contributed by atoms with van der Waals surface area (Å²) in [6.45, 7) is 1.95. The van der Waals surface area contributed by atoms with E-state index in [9.17, 15) is 9.90 Å². The number of rotatable bonds is 1. The Morgan fingerprint density at radius 2 is 2.14 bits per heavy atom. The first-order valence-corrected chi connectivity index (χ1v) is 4.38. The minimum absolute atomic E-state index is 0.160. The number of aromatic nitrogens is 1. The van der Waals surface area contributed by atoms with E-state index in [1.807, 2.05) is 24.6 Å². The van der Waals surface area contributed by atoms with Crippen LogP contribution in [0, 0.1) is 6.92 Å². The Labute approximate surface area is 81.6 Å². The molecule has 1 heterocycles. The number of carbonyl (C=O) groups excluding carboxylic acids is 1. The van der Waals surface area contributed by atoms with Crippen LogP contribution >= 0.6 is 0 Å². The number of nitrogens with zero attached hydrogens (tertiary/aromatic N) is 1. The van der Waals surface area contributed by atoms with Crippen molar-refractivity contribution in [1.82, 2.24) is 4.57 Å². The van der Waals surface area contributed by atoms with Gasteiger partial charge in [-0.15, -0.1) is 0 Å². The van der Waals surface area contributed by atoms with Crippen LogP contribution in [0.2, 0.25) is 0 Å². The zero-order valence-corrected chi connectivity index (χ0v) is 8.11. The SMILES string of the molecule is Cc1ccc(O)c2c(C=O)cn(C)c12. The summed E-state index contributed by atoms with van der Waals surface area (Å²) >= 11 is 0. The lowest BCUT2D eigenvalue weighted by atomic mass is 10.1. The predicted molar refractivity (Wildman–Crippen MR) is 54.7 cm³/mol. The van der Waals surface area contributed by atoms with Gasteiger partial charge in [0.1, 0.15) is 5.75 Å². The van der Waals surface area contributed by atoms with E-state index in [4.69, 9.17) is 0 Å². The van der Waals surface area contributed by atoms with E-state index in [1.54, 1.807) is 12.3 Å². The second-order valence-corrected chi connectivity index (χ2v) is 3.44. The summed E-state index contributed by atoms with van der Waals surface area (Å²) in [5, 5.41) is 10.3. The topological polar surface area (TPSA) is 42.2 Å². The molecule has 0 atom stereocenters. The number of phenolic OH excluding ortho intramolecular Hbond substituents is 1. The molecule has 3 nitrogen and oxygen atoms in total. The summed E-state index contributed by atoms with van der Waals surface area (Å²) in [5.41, 5.74) is 2.49. The van der Waals surface area contributed by atoms with Crippen LogP contribution < -0.4 is 0 Å². The molecular formula is C11H11NO2. The van der Waals surface area contributed by atoms with Crippen LogP contribution in [0.25, 0.3) is 10.9 Å². The van der Waals surface area contributed by atoms with Crippen molar-refractivity contribution in [3.05, 3.63) is 29.5 Å². The van der Waals surface area contributed by atoms with Gasteiger partial charge in [-0.3, -0.25) is 4.79 Å². The number of phenols is 1. The van der Waals surface area contributed by atoms with Crippen LogP contribution in [0.5, 0.6) is 5.75 Å². The smallest absolute Gasteiger partial charge is 0.152 e. The van der Waals surface area contributed by atoms with Gasteiger partial charge in [0.15, 0.2) is 6.29 Å². The quantitative estimate of drug-likeness (QED) is 0.697. The molecule has 0 radical (unpaired) electrons. The summed E-state index contributed by atoms with van der Waals surface area (Å²) < 4.78 is 1.86. The first-order valence-electron chi connectivity index (χ1n) is 4.38. The molecule has 1 aromatic heterocycles. The van der Waals surface area contributed by atoms with Gasteiger partial charge in [-0.1, -0.05) is 6.07 Å². The van der Waals surface area contributed by atoms with Crippen molar-refractivity contribution in [3.63, 3.8) is 0 Å². The molecule has 0 bridgehead atoms. The fraction of sp³-hybridized carbons (Fsp3) is 0.182. The van der Waals surface area contributed by atoms with E-state index >= 15 is 0 Å². The van der Waals surface area contributed by atoms with Crippen molar-refractivity contribution in [2.75, 3.05) is 0 Å². The van der Waals surface area contributed by atoms with Crippen LogP contribution in [0.4, 0.5) is 0 Å². The normalized spacial score (nSPS) is 10.7. The molecule has 0 aliphatic heterocycles. The molecule has 0 aliphatic carbocycles. The van der Waals surface area contributed by atoms with E-state index in [2.05, 4.69) is 0 Å². The Morgan fingerprint density at radius 1 is 1.43 bits per heavy atom. The molecule has 0 aliphatic rings. The maximum Gasteiger partial charge on any atom is 0.152 e. The zero-order valence-electron chi connectivity index (χ0n) is 8.11. The number of hydrogen-bond donors (Lipinski definition) is 1. The molecular weight excluding hydrogens is 178 g/mol. The maximum absolute atomic E-state index is 10.8. The molecule has 2 rings (SSSR count). The Morgan fingerprint density at radius 3 is 2.79 bits per heavy atom. The average molecular weight is 189 g/mol. The Hall–Kier alpha value is -1.77. The number of aromatic hydroxyl groups is 1. The maximum atomic E-state index is 10.8. The lowest BCUT2D eigenvalue weighted by Crippen LogP contribution is -1.86. The highest BCUT2D eigenvalue weighted by Gasteiger charge is 2.11. The van der Waals surface area contributed by atoms with E-state index < -0.39 is 0 Å². The van der Waals surface area contributed by atoms with E-state index in [0.29, 0.717) is 10.9 Å². The average Bonchev–Trinajstić information content (AvgIpc) is 2.50. The Kier molecular flexibility index (Phi) is 1.81. The van der Waals surface area contributed by atoms with Crippen molar-refractivity contribution in [1.29, 1.82) is 0 Å². The molecule has 0 saturated heterocycles. The fourth-order valence-electron chi connectivity index (χ4n) is 1.85. The molecule has 0 spiro atoms. The van der Waals surface area contributed by atoms with Gasteiger partial charge in [0.05, 0.1) is 10.9 Å². The number of aldehydes is 1. The number of aryl methyl sites for hydroxylation is 2. The van der Waals surface area contributed by atoms with Crippen molar-refractivity contribution in [2.24, 2.45) is 7.05 Å². The highest BCUT2D eigenvalue weighted by atomic mass is 16.3. The standard InChI is InChI=1S/C11H11NO2/c1-7-3-4-9(14)10-8(6-13)5-12(2)11(7)10/h3-6,14H,1-2H3. The summed E-state index contributed by atoms with van der Waals surface area (Å²) in [5.74, 6) is 0.160. The van der Waals surface area contributed by atoms with E-state index in [1.165, 1.54) is 0 Å². The molecule has 72 valence electrons. The van der Waals surface area contributed by atoms with Gasteiger partial charge in [-0.25, -0.2) is 0 Å². The molecule has 1 N–H and O–H groups in total. The van der Waals surface area contributed by atoms with Crippen LogP contribution in [0.15, 0.2) is 18.3 Å². The number of benzene rings is 1. The van der Waals surface area contributed by atoms with Gasteiger partial charge in [-0.2, -0.15) is 0 Å². The fourth-order valence-corrected chi connectivity index (χ4v) is 1.85. The summed E-state index contributed by atoms with van der Waals surface area (Å²) in [6, 6.07) is 3.46. The van der Waals surface area contributed by atoms with Gasteiger partial charge >= 0.3 is 0 Å². The summed E-state index contributed by atoms with van der Waals surface area (Å²) in [4.78, 5) is 10.8. The Bertz CT molecular complexity index is 511. The predicted octanol–water partition coefficient (Wildman–Crippen LogP) is 2.00. The zero-order chi connectivity index (χ0) is 10.3. The highest BCUT2D eigenvalue weighted by Crippen LogP contribution is 2.30. The third kappa shape index (κ3) is 1.02. The van der Waals surface area contributed by atoms with Gasteiger partial charge < -0.3 is 9.67 Å². The second kappa shape index (κ2) is 2.87. The molecule has 14 heavy (non-hydrogen) atoms. The van der Waals surface area contributed by atoms with Gasteiger partial charge in [0, 0.05) is 18.8 Å².